The highest BCUT2D eigenvalue weighted by molar-refractivity contribution is 5.98. The van der Waals surface area contributed by atoms with Crippen LogP contribution in [0.2, 0.25) is 0 Å². The van der Waals surface area contributed by atoms with Crippen molar-refractivity contribution in [3.05, 3.63) is 72.6 Å². The van der Waals surface area contributed by atoms with Crippen molar-refractivity contribution in [1.82, 2.24) is 24.7 Å². The Morgan fingerprint density at radius 2 is 1.68 bits per heavy atom. The van der Waals surface area contributed by atoms with E-state index in [1.807, 2.05) is 36.4 Å². The highest BCUT2D eigenvalue weighted by Crippen LogP contribution is 2.37. The molecule has 0 spiro atoms. The lowest BCUT2D eigenvalue weighted by atomic mass is 10.0. The van der Waals surface area contributed by atoms with Gasteiger partial charge in [0.25, 0.3) is 0 Å². The lowest BCUT2D eigenvalue weighted by Gasteiger charge is -2.03. The van der Waals surface area contributed by atoms with Crippen molar-refractivity contribution in [2.24, 2.45) is 12.8 Å². The van der Waals surface area contributed by atoms with E-state index in [1.54, 1.807) is 42.3 Å². The molecule has 0 fully saturated rings. The number of imidazole rings is 1. The smallest absolute Gasteiger partial charge is 0.173 e. The molecule has 3 heterocycles. The van der Waals surface area contributed by atoms with E-state index < -0.39 is 0 Å². The van der Waals surface area contributed by atoms with Crippen molar-refractivity contribution >= 4 is 16.9 Å². The van der Waals surface area contributed by atoms with E-state index in [9.17, 15) is 5.11 Å². The van der Waals surface area contributed by atoms with Crippen molar-refractivity contribution in [3.8, 4) is 39.7 Å². The fourth-order valence-electron chi connectivity index (χ4n) is 3.63. The van der Waals surface area contributed by atoms with Crippen LogP contribution in [0.4, 0.5) is 0 Å². The number of amidine groups is 1. The minimum Gasteiger partial charge on any atom is -0.504 e. The summed E-state index contributed by atoms with van der Waals surface area (Å²) < 4.78 is 1.60. The summed E-state index contributed by atoms with van der Waals surface area (Å²) in [7, 11) is 1.76. The van der Waals surface area contributed by atoms with Gasteiger partial charge in [-0.25, -0.2) is 4.98 Å². The third-order valence-corrected chi connectivity index (χ3v) is 5.21. The molecule has 8 heteroatoms. The molecule has 5 aromatic rings. The van der Waals surface area contributed by atoms with E-state index in [0.717, 1.165) is 22.2 Å². The first-order valence-corrected chi connectivity index (χ1v) is 9.62. The SMILES string of the molecule is Cn1nc(-c2ccc(-c3ccncc3)cc2)c(O)c1-c1nc2ccc(C(=N)N)cc2[nH]1. The Hall–Kier alpha value is -4.46. The number of pyridine rings is 1. The van der Waals surface area contributed by atoms with Gasteiger partial charge in [0.1, 0.15) is 17.2 Å². The summed E-state index contributed by atoms with van der Waals surface area (Å²) in [6, 6.07) is 17.0. The highest BCUT2D eigenvalue weighted by Gasteiger charge is 2.21. The molecule has 0 saturated carbocycles. The molecule has 31 heavy (non-hydrogen) atoms. The van der Waals surface area contributed by atoms with Gasteiger partial charge >= 0.3 is 0 Å². The lowest BCUT2D eigenvalue weighted by Crippen LogP contribution is -2.10. The van der Waals surface area contributed by atoms with E-state index in [4.69, 9.17) is 11.1 Å². The van der Waals surface area contributed by atoms with Crippen molar-refractivity contribution in [3.63, 3.8) is 0 Å². The highest BCUT2D eigenvalue weighted by atomic mass is 16.3. The lowest BCUT2D eigenvalue weighted by molar-refractivity contribution is 0.478. The number of aryl methyl sites for hydroxylation is 1. The Labute approximate surface area is 177 Å². The monoisotopic (exact) mass is 409 g/mol. The molecule has 0 saturated heterocycles. The van der Waals surface area contributed by atoms with Crippen LogP contribution >= 0.6 is 0 Å². The fraction of sp³-hybridized carbons (Fsp3) is 0.0435. The zero-order chi connectivity index (χ0) is 21.5. The number of aromatic hydroxyl groups is 1. The number of nitrogen functional groups attached to an aromatic ring is 1. The number of rotatable bonds is 4. The Balaban J connectivity index is 1.54. The Kier molecular flexibility index (Phi) is 4.25. The molecule has 0 aliphatic heterocycles. The minimum absolute atomic E-state index is 0.0149. The van der Waals surface area contributed by atoms with Gasteiger partial charge in [0.15, 0.2) is 11.6 Å². The average molecular weight is 409 g/mol. The van der Waals surface area contributed by atoms with E-state index in [0.29, 0.717) is 28.3 Å². The molecule has 0 radical (unpaired) electrons. The van der Waals surface area contributed by atoms with Crippen LogP contribution in [0.25, 0.3) is 44.9 Å². The molecule has 0 unspecified atom stereocenters. The van der Waals surface area contributed by atoms with E-state index in [2.05, 4.69) is 20.1 Å². The van der Waals surface area contributed by atoms with Crippen LogP contribution in [0, 0.1) is 5.41 Å². The largest absolute Gasteiger partial charge is 0.504 e. The van der Waals surface area contributed by atoms with Crippen LogP contribution in [0.3, 0.4) is 0 Å². The van der Waals surface area contributed by atoms with Gasteiger partial charge in [-0.1, -0.05) is 24.3 Å². The molecule has 0 aliphatic carbocycles. The molecule has 0 aliphatic rings. The predicted octanol–water partition coefficient (Wildman–Crippen LogP) is 3.68. The van der Waals surface area contributed by atoms with E-state index >= 15 is 0 Å². The first kappa shape index (κ1) is 18.6. The minimum atomic E-state index is -0.0149. The molecular weight excluding hydrogens is 390 g/mol. The van der Waals surface area contributed by atoms with Crippen molar-refractivity contribution < 1.29 is 5.11 Å². The maximum Gasteiger partial charge on any atom is 0.173 e. The number of aromatic amines is 1. The number of benzene rings is 2. The molecule has 5 N–H and O–H groups in total. The second-order valence-corrected chi connectivity index (χ2v) is 7.21. The normalized spacial score (nSPS) is 11.1. The average Bonchev–Trinajstić information content (AvgIpc) is 3.33. The number of aromatic nitrogens is 5. The molecule has 8 nitrogen and oxygen atoms in total. The van der Waals surface area contributed by atoms with Crippen LogP contribution in [-0.4, -0.2) is 35.7 Å². The Bertz CT molecular complexity index is 1420. The topological polar surface area (TPSA) is 129 Å². The zero-order valence-electron chi connectivity index (χ0n) is 16.7. The van der Waals surface area contributed by atoms with Crippen molar-refractivity contribution in [2.75, 3.05) is 0 Å². The number of hydrogen-bond donors (Lipinski definition) is 4. The van der Waals surface area contributed by atoms with Gasteiger partial charge in [-0.15, -0.1) is 0 Å². The standard InChI is InChI=1S/C23H19N7O/c1-30-20(23-27-17-7-6-16(22(24)25)12-18(17)28-23)21(31)19(29-30)15-4-2-13(3-5-15)14-8-10-26-11-9-14/h2-12,31H,1H3,(H3,24,25)(H,27,28). The van der Waals surface area contributed by atoms with Gasteiger partial charge in [-0.2, -0.15) is 5.10 Å². The van der Waals surface area contributed by atoms with E-state index in [-0.39, 0.29) is 11.6 Å². The van der Waals surface area contributed by atoms with E-state index in [1.165, 1.54) is 0 Å². The molecule has 0 bridgehead atoms. The predicted molar refractivity (Wildman–Crippen MR) is 120 cm³/mol. The van der Waals surface area contributed by atoms with Crippen LogP contribution in [0.1, 0.15) is 5.56 Å². The maximum atomic E-state index is 11.0. The Morgan fingerprint density at radius 3 is 2.39 bits per heavy atom. The second-order valence-electron chi connectivity index (χ2n) is 7.21. The first-order chi connectivity index (χ1) is 15.0. The third-order valence-electron chi connectivity index (χ3n) is 5.21. The summed E-state index contributed by atoms with van der Waals surface area (Å²) >= 11 is 0. The number of fused-ring (bicyclic) bond motifs is 1. The molecule has 0 amide bonds. The molecule has 0 atom stereocenters. The summed E-state index contributed by atoms with van der Waals surface area (Å²) in [6.45, 7) is 0. The number of nitrogens with zero attached hydrogens (tertiary/aromatic N) is 4. The van der Waals surface area contributed by atoms with Gasteiger partial charge < -0.3 is 15.8 Å². The Morgan fingerprint density at radius 1 is 1.00 bits per heavy atom. The summed E-state index contributed by atoms with van der Waals surface area (Å²) in [4.78, 5) is 11.8. The molecular formula is C23H19N7O. The maximum absolute atomic E-state index is 11.0. The number of nitrogens with two attached hydrogens (primary N) is 1. The van der Waals surface area contributed by atoms with Gasteiger partial charge in [-0.3, -0.25) is 15.1 Å². The van der Waals surface area contributed by atoms with Gasteiger partial charge in [0, 0.05) is 30.6 Å². The first-order valence-electron chi connectivity index (χ1n) is 9.62. The summed E-state index contributed by atoms with van der Waals surface area (Å²) in [5.41, 5.74) is 11.5. The summed E-state index contributed by atoms with van der Waals surface area (Å²) in [5.74, 6) is 0.520. The van der Waals surface area contributed by atoms with Gasteiger partial charge in [0.05, 0.1) is 11.0 Å². The van der Waals surface area contributed by atoms with Gasteiger partial charge in [0.2, 0.25) is 0 Å². The summed E-state index contributed by atoms with van der Waals surface area (Å²) in [6.07, 6.45) is 3.51. The summed E-state index contributed by atoms with van der Waals surface area (Å²) in [5, 5.41) is 23.1. The van der Waals surface area contributed by atoms with Gasteiger partial charge in [-0.05, 0) is 41.5 Å². The van der Waals surface area contributed by atoms with Crippen LogP contribution < -0.4 is 5.73 Å². The molecule has 3 aromatic heterocycles. The van der Waals surface area contributed by atoms with Crippen molar-refractivity contribution in [2.45, 2.75) is 0 Å². The van der Waals surface area contributed by atoms with Crippen LogP contribution in [0.5, 0.6) is 5.75 Å². The quantitative estimate of drug-likeness (QED) is 0.266. The molecule has 152 valence electrons. The number of nitrogens with one attached hydrogen (secondary N) is 2. The van der Waals surface area contributed by atoms with Crippen LogP contribution in [0.15, 0.2) is 67.0 Å². The third kappa shape index (κ3) is 3.20. The fourth-order valence-corrected chi connectivity index (χ4v) is 3.63. The molecule has 2 aromatic carbocycles. The second kappa shape index (κ2) is 7.10. The van der Waals surface area contributed by atoms with Crippen molar-refractivity contribution in [1.29, 1.82) is 5.41 Å². The molecule has 5 rings (SSSR count). The number of H-pyrrole nitrogens is 1. The van der Waals surface area contributed by atoms with Crippen LogP contribution in [-0.2, 0) is 7.05 Å². The zero-order valence-corrected chi connectivity index (χ0v) is 16.7. The number of hydrogen-bond acceptors (Lipinski definition) is 5.